The number of allylic oxidation sites excluding steroid dienone is 2. The third-order valence-corrected chi connectivity index (χ3v) is 10.2. The molecule has 0 heterocycles. The zero-order valence-corrected chi connectivity index (χ0v) is 19.4. The van der Waals surface area contributed by atoms with E-state index in [4.69, 9.17) is 18.1 Å². The fourth-order valence-corrected chi connectivity index (χ4v) is 8.51. The molecule has 0 aliphatic rings. The normalized spacial score (nSPS) is 14.0. The largest absolute Gasteiger partial charge is 0.349 e. The van der Waals surface area contributed by atoms with E-state index in [1.807, 2.05) is 13.8 Å². The van der Waals surface area contributed by atoms with Gasteiger partial charge in [-0.15, -0.1) is 0 Å². The van der Waals surface area contributed by atoms with Gasteiger partial charge in [0.05, 0.1) is 26.4 Å². The number of unbranched alkanes of at least 4 members (excludes halogenated alkanes) is 2. The van der Waals surface area contributed by atoms with Crippen molar-refractivity contribution in [2.24, 2.45) is 0 Å². The van der Waals surface area contributed by atoms with Gasteiger partial charge in [-0.25, -0.2) is 0 Å². The first-order chi connectivity index (χ1) is 12.3. The van der Waals surface area contributed by atoms with Crippen LogP contribution in [0, 0.1) is 0 Å². The molecule has 0 aromatic heterocycles. The van der Waals surface area contributed by atoms with Crippen molar-refractivity contribution in [1.82, 2.24) is 0 Å². The highest BCUT2D eigenvalue weighted by Crippen LogP contribution is 2.72. The predicted molar refractivity (Wildman–Crippen MR) is 108 cm³/mol. The van der Waals surface area contributed by atoms with Crippen LogP contribution in [0.1, 0.15) is 74.1 Å². The molecule has 0 amide bonds. The van der Waals surface area contributed by atoms with Crippen molar-refractivity contribution in [1.29, 1.82) is 0 Å². The van der Waals surface area contributed by atoms with Gasteiger partial charge in [-0.1, -0.05) is 25.3 Å². The Bertz CT molecular complexity index is 468. The molecular formula is C18H38O6P2. The van der Waals surface area contributed by atoms with Gasteiger partial charge in [0, 0.05) is 0 Å². The highest BCUT2D eigenvalue weighted by Gasteiger charge is 2.52. The summed E-state index contributed by atoms with van der Waals surface area (Å²) in [6, 6.07) is 0. The molecule has 0 saturated carbocycles. The smallest absolute Gasteiger partial charge is 0.308 e. The van der Waals surface area contributed by atoms with Crippen molar-refractivity contribution < 1.29 is 27.2 Å². The zero-order chi connectivity index (χ0) is 20.2. The van der Waals surface area contributed by atoms with Gasteiger partial charge in [0.1, 0.15) is 0 Å². The Hall–Kier alpha value is 0.0400. The molecule has 0 spiro atoms. The van der Waals surface area contributed by atoms with E-state index in [-0.39, 0.29) is 26.4 Å². The summed E-state index contributed by atoms with van der Waals surface area (Å²) in [7, 11) is -7.46. The van der Waals surface area contributed by atoms with Gasteiger partial charge >= 0.3 is 15.2 Å². The summed E-state index contributed by atoms with van der Waals surface area (Å²) in [6.07, 6.45) is 4.08. The van der Waals surface area contributed by atoms with Gasteiger partial charge in [-0.2, -0.15) is 0 Å². The monoisotopic (exact) mass is 412 g/mol. The summed E-state index contributed by atoms with van der Waals surface area (Å²) in [4.78, 5) is 0. The topological polar surface area (TPSA) is 71.1 Å². The van der Waals surface area contributed by atoms with Crippen LogP contribution in [0.15, 0.2) is 11.1 Å². The number of rotatable bonds is 15. The fourth-order valence-electron chi connectivity index (χ4n) is 2.78. The second kappa shape index (κ2) is 13.3. The van der Waals surface area contributed by atoms with Crippen molar-refractivity contribution in [3.8, 4) is 0 Å². The third kappa shape index (κ3) is 7.58. The quantitative estimate of drug-likeness (QED) is 0.168. The first-order valence-electron chi connectivity index (χ1n) is 9.69. The maximum absolute atomic E-state index is 13.6. The molecule has 0 radical (unpaired) electrons. The Morgan fingerprint density at radius 3 is 1.42 bits per heavy atom. The molecule has 0 aliphatic carbocycles. The predicted octanol–water partition coefficient (Wildman–Crippen LogP) is 6.76. The van der Waals surface area contributed by atoms with Gasteiger partial charge < -0.3 is 18.1 Å². The van der Waals surface area contributed by atoms with E-state index >= 15 is 0 Å². The lowest BCUT2D eigenvalue weighted by Crippen LogP contribution is -2.20. The first kappa shape index (κ1) is 26.0. The van der Waals surface area contributed by atoms with Gasteiger partial charge in [0.25, 0.3) is 0 Å². The molecule has 156 valence electrons. The summed E-state index contributed by atoms with van der Waals surface area (Å²) in [5.41, 5.74) is 1.75. The molecule has 0 aliphatic heterocycles. The molecular weight excluding hydrogens is 374 g/mol. The minimum atomic E-state index is -3.73. The highest BCUT2D eigenvalue weighted by atomic mass is 31.2. The molecule has 6 nitrogen and oxygen atoms in total. The van der Waals surface area contributed by atoms with Gasteiger partial charge in [-0.3, -0.25) is 9.13 Å². The molecule has 0 aromatic carbocycles. The van der Waals surface area contributed by atoms with E-state index < -0.39 is 20.6 Å². The van der Waals surface area contributed by atoms with Crippen molar-refractivity contribution in [2.45, 2.75) is 79.5 Å². The van der Waals surface area contributed by atoms with Crippen LogP contribution in [0.25, 0.3) is 0 Å². The molecule has 0 aromatic rings. The summed E-state index contributed by atoms with van der Waals surface area (Å²) < 4.78 is 49.3. The minimum Gasteiger partial charge on any atom is -0.308 e. The van der Waals surface area contributed by atoms with Crippen LogP contribution in [0.3, 0.4) is 0 Å². The molecule has 0 atom stereocenters. The van der Waals surface area contributed by atoms with Gasteiger partial charge in [0.2, 0.25) is 0 Å². The van der Waals surface area contributed by atoms with E-state index in [1.54, 1.807) is 27.7 Å². The van der Waals surface area contributed by atoms with Crippen molar-refractivity contribution in [2.75, 3.05) is 26.4 Å². The Labute approximate surface area is 160 Å². The second-order valence-corrected chi connectivity index (χ2v) is 10.7. The average Bonchev–Trinajstić information content (AvgIpc) is 2.55. The lowest BCUT2D eigenvalue weighted by Gasteiger charge is -2.32. The van der Waals surface area contributed by atoms with Crippen LogP contribution in [0.5, 0.6) is 0 Å². The molecule has 0 fully saturated rings. The van der Waals surface area contributed by atoms with Crippen LogP contribution >= 0.6 is 15.2 Å². The summed E-state index contributed by atoms with van der Waals surface area (Å²) in [5.74, 6) is 0. The van der Waals surface area contributed by atoms with Crippen LogP contribution < -0.4 is 0 Å². The van der Waals surface area contributed by atoms with Gasteiger partial charge in [-0.05, 0) is 60.0 Å². The molecule has 0 bridgehead atoms. The Morgan fingerprint density at radius 2 is 1.12 bits per heavy atom. The van der Waals surface area contributed by atoms with Gasteiger partial charge in [0.15, 0.2) is 5.40 Å². The minimum absolute atomic E-state index is 0.189. The lowest BCUT2D eigenvalue weighted by molar-refractivity contribution is 0.198. The van der Waals surface area contributed by atoms with Crippen LogP contribution in [0.2, 0.25) is 0 Å². The Balaban J connectivity index is 6.19. The number of hydrogen-bond acceptors (Lipinski definition) is 6. The van der Waals surface area contributed by atoms with E-state index in [1.165, 1.54) is 0 Å². The summed E-state index contributed by atoms with van der Waals surface area (Å²) in [6.45, 7) is 13.7. The molecule has 0 N–H and O–H groups in total. The zero-order valence-electron chi connectivity index (χ0n) is 17.6. The van der Waals surface area contributed by atoms with E-state index in [2.05, 4.69) is 6.92 Å². The first-order valence-corrected chi connectivity index (χ1v) is 12.9. The summed E-state index contributed by atoms with van der Waals surface area (Å²) >= 11 is 0. The Kier molecular flexibility index (Phi) is 13.3. The van der Waals surface area contributed by atoms with E-state index in [0.717, 1.165) is 36.8 Å². The van der Waals surface area contributed by atoms with Crippen LogP contribution in [-0.2, 0) is 27.2 Å². The molecule has 26 heavy (non-hydrogen) atoms. The third-order valence-electron chi connectivity index (χ3n) is 4.05. The van der Waals surface area contributed by atoms with Crippen molar-refractivity contribution in [3.63, 3.8) is 0 Å². The maximum Gasteiger partial charge on any atom is 0.349 e. The number of hydrogen-bond donors (Lipinski definition) is 0. The molecule has 0 rings (SSSR count). The molecule has 8 heteroatoms. The standard InChI is InChI=1S/C18H38O6P2/c1-8-13-14-15-16(6)17(7)18(25(19,21-9-2)22-10-3)26(20,23-11-4)24-12-5/h18H,8-15H2,1-7H3/b17-16+. The molecule has 0 unspecified atom stereocenters. The highest BCUT2D eigenvalue weighted by molar-refractivity contribution is 7.73. The van der Waals surface area contributed by atoms with E-state index in [9.17, 15) is 9.13 Å². The van der Waals surface area contributed by atoms with Crippen LogP contribution in [0.4, 0.5) is 0 Å². The average molecular weight is 412 g/mol. The SMILES string of the molecule is CCCCC/C(C)=C(\C)C(P(=O)(OCC)OCC)P(=O)(OCC)OCC. The maximum atomic E-state index is 13.6. The molecule has 0 saturated heterocycles. The van der Waals surface area contributed by atoms with Crippen molar-refractivity contribution >= 4 is 15.2 Å². The van der Waals surface area contributed by atoms with E-state index in [0.29, 0.717) is 0 Å². The lowest BCUT2D eigenvalue weighted by atomic mass is 10.1. The van der Waals surface area contributed by atoms with Crippen LogP contribution in [-0.4, -0.2) is 31.8 Å². The Morgan fingerprint density at radius 1 is 0.731 bits per heavy atom. The fraction of sp³-hybridized carbons (Fsp3) is 0.889. The van der Waals surface area contributed by atoms with Crippen molar-refractivity contribution in [3.05, 3.63) is 11.1 Å². The summed E-state index contributed by atoms with van der Waals surface area (Å²) in [5, 5.41) is -1.04. The second-order valence-electron chi connectivity index (χ2n) is 6.04.